The summed E-state index contributed by atoms with van der Waals surface area (Å²) in [5, 5.41) is 0. The van der Waals surface area contributed by atoms with Gasteiger partial charge in [0.15, 0.2) is 6.79 Å². The fraction of sp³-hybridized carbons (Fsp3) is 0.588. The Hall–Kier alpha value is -1.20. The first-order chi connectivity index (χ1) is 10.8. The first-order valence-corrected chi connectivity index (χ1v) is 9.14. The summed E-state index contributed by atoms with van der Waals surface area (Å²) < 4.78 is 34.6. The number of phosphoric acid groups is 1. The van der Waals surface area contributed by atoms with E-state index in [0.717, 1.165) is 11.8 Å². The van der Waals surface area contributed by atoms with E-state index in [1.165, 1.54) is 0 Å². The van der Waals surface area contributed by atoms with E-state index in [9.17, 15) is 9.36 Å². The molecule has 6 nitrogen and oxygen atoms in total. The lowest BCUT2D eigenvalue weighted by Crippen LogP contribution is -2.25. The van der Waals surface area contributed by atoms with Crippen LogP contribution in [0.4, 0.5) is 0 Å². The number of hydrogen-bond acceptors (Lipinski definition) is 6. The van der Waals surface area contributed by atoms with Crippen molar-refractivity contribution < 1.29 is 27.7 Å². The van der Waals surface area contributed by atoms with Crippen LogP contribution < -0.4 is 4.74 Å². The topological polar surface area (TPSA) is 71.1 Å². The largest absolute Gasteiger partial charge is 0.478 e. The van der Waals surface area contributed by atoms with Gasteiger partial charge in [-0.1, -0.05) is 0 Å². The maximum absolute atomic E-state index is 12.8. The van der Waals surface area contributed by atoms with Crippen LogP contribution in [0, 0.1) is 6.92 Å². The molecule has 0 atom stereocenters. The Morgan fingerprint density at radius 2 is 1.58 bits per heavy atom. The molecule has 0 radical (unpaired) electrons. The Balaban J connectivity index is 2.78. The molecule has 24 heavy (non-hydrogen) atoms. The van der Waals surface area contributed by atoms with Gasteiger partial charge in [0.1, 0.15) is 12.0 Å². The van der Waals surface area contributed by atoms with Crippen molar-refractivity contribution in [3.05, 3.63) is 29.3 Å². The maximum atomic E-state index is 12.8. The Morgan fingerprint density at radius 1 is 1.04 bits per heavy atom. The minimum absolute atomic E-state index is 0.301. The quantitative estimate of drug-likeness (QED) is 0.392. The number of aryl methyl sites for hydroxylation is 1. The van der Waals surface area contributed by atoms with Crippen molar-refractivity contribution >= 4 is 14.1 Å². The van der Waals surface area contributed by atoms with Crippen molar-refractivity contribution in [2.45, 2.75) is 59.7 Å². The summed E-state index contributed by atoms with van der Waals surface area (Å²) in [6.07, 6.45) is 0.760. The Labute approximate surface area is 144 Å². The van der Waals surface area contributed by atoms with Crippen LogP contribution in [-0.2, 0) is 18.1 Å². The van der Waals surface area contributed by atoms with Crippen LogP contribution in [0.5, 0.6) is 5.75 Å². The summed E-state index contributed by atoms with van der Waals surface area (Å²) in [4.78, 5) is 10.7. The Bertz CT molecular complexity index is 592. The standard InChI is InChI=1S/C17H27O6P/c1-13-10-14(11-18)8-9-15(13)20-12-21-24(19,22-16(2,3)4)23-17(5,6)7/h8-11H,12H2,1-7H3. The maximum Gasteiger partial charge on any atom is 0.478 e. The summed E-state index contributed by atoms with van der Waals surface area (Å²) in [5.41, 5.74) is -0.0879. The second kappa shape index (κ2) is 7.79. The zero-order valence-corrected chi connectivity index (χ0v) is 16.3. The van der Waals surface area contributed by atoms with Crippen molar-refractivity contribution in [1.82, 2.24) is 0 Å². The van der Waals surface area contributed by atoms with Crippen LogP contribution in [0.1, 0.15) is 57.5 Å². The molecule has 0 saturated carbocycles. The van der Waals surface area contributed by atoms with Crippen molar-refractivity contribution in [2.24, 2.45) is 0 Å². The van der Waals surface area contributed by atoms with E-state index in [2.05, 4.69) is 0 Å². The van der Waals surface area contributed by atoms with E-state index >= 15 is 0 Å². The van der Waals surface area contributed by atoms with Crippen LogP contribution in [0.2, 0.25) is 0 Å². The van der Waals surface area contributed by atoms with Gasteiger partial charge in [-0.25, -0.2) is 9.09 Å². The monoisotopic (exact) mass is 358 g/mol. The van der Waals surface area contributed by atoms with Gasteiger partial charge >= 0.3 is 7.82 Å². The van der Waals surface area contributed by atoms with Crippen LogP contribution in [-0.4, -0.2) is 24.3 Å². The minimum atomic E-state index is -3.81. The lowest BCUT2D eigenvalue weighted by Gasteiger charge is -2.30. The van der Waals surface area contributed by atoms with Gasteiger partial charge in [-0.3, -0.25) is 13.8 Å². The molecule has 7 heteroatoms. The fourth-order valence-corrected chi connectivity index (χ4v) is 3.47. The highest BCUT2D eigenvalue weighted by atomic mass is 31.2. The van der Waals surface area contributed by atoms with Crippen LogP contribution in [0.15, 0.2) is 18.2 Å². The number of rotatable bonds is 7. The summed E-state index contributed by atoms with van der Waals surface area (Å²) in [6, 6.07) is 4.98. The van der Waals surface area contributed by atoms with Crippen LogP contribution >= 0.6 is 7.82 Å². The highest BCUT2D eigenvalue weighted by Gasteiger charge is 2.37. The van der Waals surface area contributed by atoms with E-state index in [4.69, 9.17) is 18.3 Å². The average molecular weight is 358 g/mol. The molecule has 0 saturated heterocycles. The molecule has 0 aromatic heterocycles. The highest BCUT2D eigenvalue weighted by molar-refractivity contribution is 7.48. The third-order valence-electron chi connectivity index (χ3n) is 2.53. The molecule has 0 fully saturated rings. The van der Waals surface area contributed by atoms with Crippen LogP contribution in [0.3, 0.4) is 0 Å². The predicted octanol–water partition coefficient (Wildman–Crippen LogP) is 4.90. The van der Waals surface area contributed by atoms with Crippen molar-refractivity contribution in [3.8, 4) is 5.75 Å². The van der Waals surface area contributed by atoms with E-state index in [1.54, 1.807) is 66.7 Å². The second-order valence-electron chi connectivity index (χ2n) is 7.39. The van der Waals surface area contributed by atoms with Gasteiger partial charge < -0.3 is 4.74 Å². The molecule has 0 bridgehead atoms. The Morgan fingerprint density at radius 3 is 2.00 bits per heavy atom. The highest BCUT2D eigenvalue weighted by Crippen LogP contribution is 2.55. The zero-order valence-electron chi connectivity index (χ0n) is 15.4. The summed E-state index contributed by atoms with van der Waals surface area (Å²) in [7, 11) is -3.81. The third kappa shape index (κ3) is 7.58. The third-order valence-corrected chi connectivity index (χ3v) is 4.50. The van der Waals surface area contributed by atoms with Crippen LogP contribution in [0.25, 0.3) is 0 Å². The molecule has 1 aromatic carbocycles. The molecule has 0 aliphatic carbocycles. The first-order valence-electron chi connectivity index (χ1n) is 7.68. The van der Waals surface area contributed by atoms with E-state index in [1.807, 2.05) is 0 Å². The minimum Gasteiger partial charge on any atom is -0.467 e. The number of carbonyl (C=O) groups excluding carboxylic acids is 1. The zero-order chi connectivity index (χ0) is 18.6. The first kappa shape index (κ1) is 20.8. The molecule has 1 rings (SSSR count). The van der Waals surface area contributed by atoms with Gasteiger partial charge in [-0.2, -0.15) is 0 Å². The summed E-state index contributed by atoms with van der Waals surface area (Å²) >= 11 is 0. The molecule has 0 unspecified atom stereocenters. The van der Waals surface area contributed by atoms with Gasteiger partial charge in [-0.15, -0.1) is 0 Å². The predicted molar refractivity (Wildman–Crippen MR) is 92.4 cm³/mol. The molecule has 0 aliphatic heterocycles. The van der Waals surface area contributed by atoms with Gasteiger partial charge in [0.2, 0.25) is 0 Å². The van der Waals surface area contributed by atoms with E-state index in [-0.39, 0.29) is 6.79 Å². The smallest absolute Gasteiger partial charge is 0.467 e. The number of hydrogen-bond donors (Lipinski definition) is 0. The summed E-state index contributed by atoms with van der Waals surface area (Å²) in [5.74, 6) is 0.527. The average Bonchev–Trinajstić information content (AvgIpc) is 2.35. The van der Waals surface area contributed by atoms with E-state index < -0.39 is 19.0 Å². The second-order valence-corrected chi connectivity index (χ2v) is 8.91. The summed E-state index contributed by atoms with van der Waals surface area (Å²) in [6.45, 7) is 12.1. The number of ether oxygens (including phenoxy) is 1. The number of phosphoric ester groups is 1. The van der Waals surface area contributed by atoms with Gasteiger partial charge in [-0.05, 0) is 72.2 Å². The van der Waals surface area contributed by atoms with Gasteiger partial charge in [0.05, 0.1) is 11.2 Å². The molecule has 0 amide bonds. The van der Waals surface area contributed by atoms with Gasteiger partial charge in [0, 0.05) is 5.56 Å². The molecule has 0 heterocycles. The molecule has 0 spiro atoms. The normalized spacial score (nSPS) is 13.0. The lowest BCUT2D eigenvalue weighted by molar-refractivity contribution is -0.0190. The molecule has 0 N–H and O–H groups in total. The van der Waals surface area contributed by atoms with Gasteiger partial charge in [0.25, 0.3) is 0 Å². The number of carbonyl (C=O) groups is 1. The van der Waals surface area contributed by atoms with Crippen molar-refractivity contribution in [2.75, 3.05) is 6.79 Å². The molecular weight excluding hydrogens is 331 g/mol. The van der Waals surface area contributed by atoms with Crippen molar-refractivity contribution in [1.29, 1.82) is 0 Å². The lowest BCUT2D eigenvalue weighted by atomic mass is 10.1. The molecule has 136 valence electrons. The van der Waals surface area contributed by atoms with Crippen molar-refractivity contribution in [3.63, 3.8) is 0 Å². The van der Waals surface area contributed by atoms with E-state index in [0.29, 0.717) is 11.3 Å². The SMILES string of the molecule is Cc1cc(C=O)ccc1OCOP(=O)(OC(C)(C)C)OC(C)(C)C. The fourth-order valence-electron chi connectivity index (χ4n) is 1.80. The number of benzene rings is 1. The molecule has 0 aliphatic rings. The molecular formula is C17H27O6P. The number of aldehydes is 1. The Kier molecular flexibility index (Phi) is 6.76. The molecule has 1 aromatic rings.